The monoisotopic (exact) mass is 410 g/mol. The minimum atomic E-state index is -0.132. The van der Waals surface area contributed by atoms with Crippen LogP contribution in [0, 0.1) is 0 Å². The molecule has 4 rings (SSSR count). The van der Waals surface area contributed by atoms with Crippen molar-refractivity contribution in [1.29, 1.82) is 0 Å². The standard InChI is InChI=1S/C22H23ClN4O2/c23-17-7-2-4-9-19(17)26-12-14-27(15-13-26)21(28)11-5-10-20-24-18-8-3-1-6-16(18)22(29)25-20/h1-4,6-9H,5,10-15H2,(H,24,25,29). The van der Waals surface area contributed by atoms with Gasteiger partial charge in [-0.2, -0.15) is 0 Å². The third kappa shape index (κ3) is 4.43. The van der Waals surface area contributed by atoms with E-state index in [1.807, 2.05) is 47.4 Å². The van der Waals surface area contributed by atoms with E-state index in [1.54, 1.807) is 6.07 Å². The van der Waals surface area contributed by atoms with Crippen LogP contribution in [0.25, 0.3) is 10.9 Å². The van der Waals surface area contributed by atoms with Gasteiger partial charge >= 0.3 is 0 Å². The number of hydrogen-bond donors (Lipinski definition) is 1. The summed E-state index contributed by atoms with van der Waals surface area (Å²) < 4.78 is 0. The van der Waals surface area contributed by atoms with Crippen LogP contribution in [0.4, 0.5) is 5.69 Å². The molecule has 1 amide bonds. The zero-order valence-corrected chi connectivity index (χ0v) is 16.9. The lowest BCUT2D eigenvalue weighted by molar-refractivity contribution is -0.131. The Morgan fingerprint density at radius 2 is 1.76 bits per heavy atom. The van der Waals surface area contributed by atoms with Gasteiger partial charge in [0.2, 0.25) is 5.91 Å². The fraction of sp³-hybridized carbons (Fsp3) is 0.318. The highest BCUT2D eigenvalue weighted by molar-refractivity contribution is 6.33. The van der Waals surface area contributed by atoms with Crippen molar-refractivity contribution >= 4 is 34.1 Å². The molecule has 2 heterocycles. The van der Waals surface area contributed by atoms with Gasteiger partial charge in [-0.1, -0.05) is 35.9 Å². The number of halogens is 1. The third-order valence-electron chi connectivity index (χ3n) is 5.29. The number of nitrogens with one attached hydrogen (secondary N) is 1. The molecule has 1 aromatic heterocycles. The molecule has 0 unspecified atom stereocenters. The minimum Gasteiger partial charge on any atom is -0.367 e. The number of piperazine rings is 1. The average Bonchev–Trinajstić information content (AvgIpc) is 2.74. The number of amides is 1. The zero-order chi connectivity index (χ0) is 20.2. The predicted octanol–water partition coefficient (Wildman–Crippen LogP) is 3.25. The summed E-state index contributed by atoms with van der Waals surface area (Å²) in [6.07, 6.45) is 1.68. The number of carbonyl (C=O) groups excluding carboxylic acids is 1. The topological polar surface area (TPSA) is 69.3 Å². The van der Waals surface area contributed by atoms with Gasteiger partial charge in [-0.3, -0.25) is 9.59 Å². The van der Waals surface area contributed by atoms with Crippen LogP contribution in [-0.2, 0) is 11.2 Å². The number of nitrogens with zero attached hydrogens (tertiary/aromatic N) is 3. The highest BCUT2D eigenvalue weighted by Crippen LogP contribution is 2.26. The van der Waals surface area contributed by atoms with Crippen LogP contribution >= 0.6 is 11.6 Å². The van der Waals surface area contributed by atoms with Crippen LogP contribution in [0.2, 0.25) is 5.02 Å². The Kier molecular flexibility index (Phi) is 5.81. The first-order valence-electron chi connectivity index (χ1n) is 9.87. The molecular formula is C22H23ClN4O2. The van der Waals surface area contributed by atoms with Crippen LogP contribution in [0.3, 0.4) is 0 Å². The lowest BCUT2D eigenvalue weighted by Gasteiger charge is -2.36. The maximum Gasteiger partial charge on any atom is 0.258 e. The Balaban J connectivity index is 1.29. The normalized spacial score (nSPS) is 14.4. The Labute approximate surface area is 174 Å². The fourth-order valence-electron chi connectivity index (χ4n) is 3.72. The lowest BCUT2D eigenvalue weighted by Crippen LogP contribution is -2.48. The molecule has 0 bridgehead atoms. The number of H-pyrrole nitrogens is 1. The molecule has 0 atom stereocenters. The summed E-state index contributed by atoms with van der Waals surface area (Å²) in [4.78, 5) is 36.1. The molecular weight excluding hydrogens is 388 g/mol. The van der Waals surface area contributed by atoms with Crippen molar-refractivity contribution in [3.63, 3.8) is 0 Å². The maximum atomic E-state index is 12.6. The first-order valence-corrected chi connectivity index (χ1v) is 10.2. The SMILES string of the molecule is O=C(CCCc1nc2ccccc2c(=O)[nH]1)N1CCN(c2ccccc2Cl)CC1. The largest absolute Gasteiger partial charge is 0.367 e. The van der Waals surface area contributed by atoms with E-state index in [2.05, 4.69) is 14.9 Å². The van der Waals surface area contributed by atoms with Gasteiger partial charge in [-0.15, -0.1) is 0 Å². The van der Waals surface area contributed by atoms with Gasteiger partial charge in [0, 0.05) is 39.0 Å². The van der Waals surface area contributed by atoms with Crippen LogP contribution in [0.5, 0.6) is 0 Å². The number of carbonyl (C=O) groups is 1. The Hall–Kier alpha value is -2.86. The van der Waals surface area contributed by atoms with Crippen LogP contribution in [0.1, 0.15) is 18.7 Å². The molecule has 1 aliphatic rings. The summed E-state index contributed by atoms with van der Waals surface area (Å²) in [7, 11) is 0. The summed E-state index contributed by atoms with van der Waals surface area (Å²) in [5.41, 5.74) is 1.58. The van der Waals surface area contributed by atoms with Gasteiger partial charge in [-0.25, -0.2) is 4.98 Å². The van der Waals surface area contributed by atoms with E-state index in [-0.39, 0.29) is 11.5 Å². The molecule has 6 nitrogen and oxygen atoms in total. The van der Waals surface area contributed by atoms with Crippen molar-refractivity contribution < 1.29 is 4.79 Å². The highest BCUT2D eigenvalue weighted by Gasteiger charge is 2.22. The van der Waals surface area contributed by atoms with Crippen LogP contribution in [0.15, 0.2) is 53.3 Å². The summed E-state index contributed by atoms with van der Waals surface area (Å²) in [5, 5.41) is 1.33. The Morgan fingerprint density at radius 1 is 1.03 bits per heavy atom. The van der Waals surface area contributed by atoms with Gasteiger partial charge < -0.3 is 14.8 Å². The number of aryl methyl sites for hydroxylation is 1. The number of aromatic amines is 1. The molecule has 2 aromatic carbocycles. The van der Waals surface area contributed by atoms with Gasteiger partial charge in [0.25, 0.3) is 5.56 Å². The molecule has 1 N–H and O–H groups in total. The van der Waals surface area contributed by atoms with E-state index in [1.165, 1.54) is 0 Å². The molecule has 0 spiro atoms. The highest BCUT2D eigenvalue weighted by atomic mass is 35.5. The van der Waals surface area contributed by atoms with Crippen molar-refractivity contribution in [3.8, 4) is 0 Å². The quantitative estimate of drug-likeness (QED) is 0.701. The van der Waals surface area contributed by atoms with Crippen molar-refractivity contribution in [3.05, 3.63) is 69.7 Å². The third-order valence-corrected chi connectivity index (χ3v) is 5.61. The Bertz CT molecular complexity index is 1070. The van der Waals surface area contributed by atoms with E-state index in [4.69, 9.17) is 11.6 Å². The van der Waals surface area contributed by atoms with Crippen molar-refractivity contribution in [1.82, 2.24) is 14.9 Å². The second kappa shape index (κ2) is 8.66. The van der Waals surface area contributed by atoms with Gasteiger partial charge in [0.1, 0.15) is 5.82 Å². The van der Waals surface area contributed by atoms with Crippen LogP contribution in [-0.4, -0.2) is 47.0 Å². The molecule has 1 saturated heterocycles. The van der Waals surface area contributed by atoms with E-state index >= 15 is 0 Å². The number of benzene rings is 2. The van der Waals surface area contributed by atoms with E-state index in [0.29, 0.717) is 49.1 Å². The lowest BCUT2D eigenvalue weighted by atomic mass is 10.1. The number of hydrogen-bond acceptors (Lipinski definition) is 4. The average molecular weight is 411 g/mol. The van der Waals surface area contributed by atoms with Crippen LogP contribution < -0.4 is 10.5 Å². The number of para-hydroxylation sites is 2. The van der Waals surface area contributed by atoms with E-state index in [9.17, 15) is 9.59 Å². The minimum absolute atomic E-state index is 0.132. The van der Waals surface area contributed by atoms with Crippen molar-refractivity contribution in [2.45, 2.75) is 19.3 Å². The number of aromatic nitrogens is 2. The maximum absolute atomic E-state index is 12.6. The molecule has 1 aliphatic heterocycles. The summed E-state index contributed by atoms with van der Waals surface area (Å²) in [5.74, 6) is 0.775. The molecule has 7 heteroatoms. The van der Waals surface area contributed by atoms with Gasteiger partial charge in [0.05, 0.1) is 21.6 Å². The molecule has 150 valence electrons. The molecule has 0 saturated carbocycles. The summed E-state index contributed by atoms with van der Waals surface area (Å²) in [6, 6.07) is 15.1. The van der Waals surface area contributed by atoms with E-state index < -0.39 is 0 Å². The van der Waals surface area contributed by atoms with E-state index in [0.717, 1.165) is 23.8 Å². The number of anilines is 1. The first kappa shape index (κ1) is 19.5. The Morgan fingerprint density at radius 3 is 2.55 bits per heavy atom. The second-order valence-corrected chi connectivity index (χ2v) is 7.61. The smallest absolute Gasteiger partial charge is 0.258 e. The molecule has 0 aliphatic carbocycles. The molecule has 29 heavy (non-hydrogen) atoms. The predicted molar refractivity (Wildman–Crippen MR) is 116 cm³/mol. The molecule has 3 aromatic rings. The molecule has 1 fully saturated rings. The number of fused-ring (bicyclic) bond motifs is 1. The molecule has 0 radical (unpaired) electrons. The van der Waals surface area contributed by atoms with Gasteiger partial charge in [-0.05, 0) is 30.7 Å². The number of rotatable bonds is 5. The zero-order valence-electron chi connectivity index (χ0n) is 16.1. The fourth-order valence-corrected chi connectivity index (χ4v) is 3.98. The summed E-state index contributed by atoms with van der Waals surface area (Å²) >= 11 is 6.28. The summed E-state index contributed by atoms with van der Waals surface area (Å²) in [6.45, 7) is 2.92. The van der Waals surface area contributed by atoms with Crippen molar-refractivity contribution in [2.24, 2.45) is 0 Å². The van der Waals surface area contributed by atoms with Gasteiger partial charge in [0.15, 0.2) is 0 Å². The van der Waals surface area contributed by atoms with Crippen molar-refractivity contribution in [2.75, 3.05) is 31.1 Å². The first-order chi connectivity index (χ1) is 14.1. The second-order valence-electron chi connectivity index (χ2n) is 7.20.